The average molecular weight is 453 g/mol. The van der Waals surface area contributed by atoms with Crippen LogP contribution >= 0.6 is 0 Å². The summed E-state index contributed by atoms with van der Waals surface area (Å²) in [5.41, 5.74) is 3.25. The number of hydrogen-bond donors (Lipinski definition) is 1. The lowest BCUT2D eigenvalue weighted by atomic mass is 9.47. The predicted octanol–water partition coefficient (Wildman–Crippen LogP) is 8.63. The zero-order valence-corrected chi connectivity index (χ0v) is 21.2. The van der Waals surface area contributed by atoms with E-state index in [2.05, 4.69) is 26.8 Å². The fourth-order valence-corrected chi connectivity index (χ4v) is 9.41. The van der Waals surface area contributed by atoms with Crippen molar-refractivity contribution < 1.29 is 9.50 Å². The van der Waals surface area contributed by atoms with Crippen molar-refractivity contribution >= 4 is 0 Å². The molecule has 0 spiro atoms. The highest BCUT2D eigenvalue weighted by Gasteiger charge is 2.58. The quantitative estimate of drug-likeness (QED) is 0.428. The summed E-state index contributed by atoms with van der Waals surface area (Å²) in [6.45, 7) is 7.72. The first-order chi connectivity index (χ1) is 15.8. The molecule has 4 aliphatic rings. The lowest BCUT2D eigenvalue weighted by molar-refractivity contribution is -0.0501. The van der Waals surface area contributed by atoms with E-state index < -0.39 is 6.10 Å². The van der Waals surface area contributed by atoms with Gasteiger partial charge in [-0.1, -0.05) is 69.9 Å². The van der Waals surface area contributed by atoms with Crippen molar-refractivity contribution in [3.63, 3.8) is 0 Å². The van der Waals surface area contributed by atoms with Crippen molar-refractivity contribution in [2.45, 2.75) is 104 Å². The van der Waals surface area contributed by atoms with Crippen molar-refractivity contribution in [1.29, 1.82) is 0 Å². The number of benzene rings is 1. The predicted molar refractivity (Wildman–Crippen MR) is 134 cm³/mol. The Morgan fingerprint density at radius 3 is 2.67 bits per heavy atom. The summed E-state index contributed by atoms with van der Waals surface area (Å²) in [5.74, 6) is 3.92. The molecule has 1 unspecified atom stereocenters. The number of rotatable bonds is 6. The van der Waals surface area contributed by atoms with Crippen LogP contribution in [-0.4, -0.2) is 5.11 Å². The van der Waals surface area contributed by atoms with Gasteiger partial charge in [0.2, 0.25) is 0 Å². The summed E-state index contributed by atoms with van der Waals surface area (Å²) >= 11 is 0. The summed E-state index contributed by atoms with van der Waals surface area (Å²) in [6, 6.07) is 6.68. The fourth-order valence-electron chi connectivity index (χ4n) is 9.41. The largest absolute Gasteiger partial charge is 0.388 e. The molecule has 1 nitrogen and oxygen atoms in total. The maximum atomic E-state index is 14.0. The van der Waals surface area contributed by atoms with Crippen LogP contribution in [0.4, 0.5) is 4.39 Å². The van der Waals surface area contributed by atoms with E-state index in [4.69, 9.17) is 0 Å². The molecule has 182 valence electrons. The summed E-state index contributed by atoms with van der Waals surface area (Å²) in [6.07, 6.45) is 17.4. The molecule has 1 aromatic rings. The second-order valence-corrected chi connectivity index (χ2v) is 12.6. The lowest BCUT2D eigenvalue weighted by Crippen LogP contribution is -2.50. The smallest absolute Gasteiger partial charge is 0.128 e. The third-order valence-electron chi connectivity index (χ3n) is 11.2. The molecule has 3 fully saturated rings. The van der Waals surface area contributed by atoms with Crippen LogP contribution in [0.2, 0.25) is 0 Å². The van der Waals surface area contributed by atoms with Gasteiger partial charge in [-0.3, -0.25) is 0 Å². The molecular formula is C31H45FO. The zero-order chi connectivity index (χ0) is 23.2. The van der Waals surface area contributed by atoms with Gasteiger partial charge in [-0.25, -0.2) is 4.39 Å². The first-order valence-electron chi connectivity index (χ1n) is 14.0. The minimum Gasteiger partial charge on any atom is -0.388 e. The lowest BCUT2D eigenvalue weighted by Gasteiger charge is -2.58. The molecule has 5 rings (SSSR count). The summed E-state index contributed by atoms with van der Waals surface area (Å²) in [5, 5.41) is 10.5. The normalized spacial score (nSPS) is 39.7. The van der Waals surface area contributed by atoms with Gasteiger partial charge in [-0.05, 0) is 104 Å². The van der Waals surface area contributed by atoms with E-state index in [0.29, 0.717) is 28.7 Å². The second kappa shape index (κ2) is 9.14. The third kappa shape index (κ3) is 4.03. The van der Waals surface area contributed by atoms with Gasteiger partial charge >= 0.3 is 0 Å². The van der Waals surface area contributed by atoms with E-state index >= 15 is 0 Å². The highest BCUT2D eigenvalue weighted by molar-refractivity contribution is 5.24. The Kier molecular flexibility index (Phi) is 6.53. The van der Waals surface area contributed by atoms with E-state index in [9.17, 15) is 9.50 Å². The van der Waals surface area contributed by atoms with Gasteiger partial charge in [0.05, 0.1) is 6.10 Å². The highest BCUT2D eigenvalue weighted by atomic mass is 19.1. The van der Waals surface area contributed by atoms with Crippen molar-refractivity contribution in [2.24, 2.45) is 40.4 Å². The molecule has 8 atom stereocenters. The summed E-state index contributed by atoms with van der Waals surface area (Å²) in [4.78, 5) is 0. The Morgan fingerprint density at radius 2 is 1.85 bits per heavy atom. The maximum absolute atomic E-state index is 14.0. The molecule has 2 heteroatoms. The first kappa shape index (κ1) is 23.6. The van der Waals surface area contributed by atoms with Crippen LogP contribution in [0.5, 0.6) is 0 Å². The Morgan fingerprint density at radius 1 is 1.03 bits per heavy atom. The standard InChI is InChI=1S/C31H45FO/c1-21(9-8-13-29(33)24-11-4-5-12-28(24)32)25-16-17-26-23-15-14-22-10-6-7-19-30(22,2)27(23)18-20-31(25,26)3/h4-5,11-12,14,21,23,25-27,29,33H,6-10,13,15-20H2,1-3H3/t21-,23+,25-,26+,27+,29?,30+,31-/m1/s1. The molecule has 0 radical (unpaired) electrons. The van der Waals surface area contributed by atoms with Crippen molar-refractivity contribution in [2.75, 3.05) is 0 Å². The molecule has 4 aliphatic carbocycles. The second-order valence-electron chi connectivity index (χ2n) is 12.6. The zero-order valence-electron chi connectivity index (χ0n) is 21.2. The molecule has 0 bridgehead atoms. The Hall–Kier alpha value is -1.15. The van der Waals surface area contributed by atoms with Crippen LogP contribution in [0.3, 0.4) is 0 Å². The molecule has 0 heterocycles. The number of fused-ring (bicyclic) bond motifs is 5. The van der Waals surface area contributed by atoms with Crippen molar-refractivity contribution in [3.8, 4) is 0 Å². The SMILES string of the molecule is C[C@H](CCCC(O)c1ccccc1F)[C@H]1CC[C@H]2[C@@H]3CC=C4CCCC[C@]4(C)[C@H]3CC[C@]12C. The molecular weight excluding hydrogens is 407 g/mol. The van der Waals surface area contributed by atoms with E-state index in [1.807, 2.05) is 11.6 Å². The third-order valence-corrected chi connectivity index (χ3v) is 11.2. The molecule has 3 saturated carbocycles. The average Bonchev–Trinajstić information content (AvgIpc) is 3.16. The molecule has 0 amide bonds. The van der Waals surface area contributed by atoms with E-state index in [-0.39, 0.29) is 5.82 Å². The number of allylic oxidation sites excluding steroid dienone is 2. The minimum atomic E-state index is -0.680. The number of aliphatic hydroxyl groups excluding tert-OH is 1. The van der Waals surface area contributed by atoms with Crippen molar-refractivity contribution in [3.05, 3.63) is 47.3 Å². The van der Waals surface area contributed by atoms with Gasteiger partial charge in [0.15, 0.2) is 0 Å². The number of hydrogen-bond acceptors (Lipinski definition) is 1. The number of aliphatic hydroxyl groups is 1. The van der Waals surface area contributed by atoms with Crippen LogP contribution in [0, 0.1) is 46.2 Å². The topological polar surface area (TPSA) is 20.2 Å². The van der Waals surface area contributed by atoms with Gasteiger partial charge in [-0.2, -0.15) is 0 Å². The Labute approximate surface area is 201 Å². The molecule has 0 aromatic heterocycles. The van der Waals surface area contributed by atoms with Crippen LogP contribution in [0.1, 0.15) is 109 Å². The van der Waals surface area contributed by atoms with Crippen LogP contribution in [0.15, 0.2) is 35.9 Å². The van der Waals surface area contributed by atoms with Crippen molar-refractivity contribution in [1.82, 2.24) is 0 Å². The summed E-state index contributed by atoms with van der Waals surface area (Å²) < 4.78 is 14.0. The van der Waals surface area contributed by atoms with Gasteiger partial charge in [0.25, 0.3) is 0 Å². The molecule has 33 heavy (non-hydrogen) atoms. The molecule has 1 aromatic carbocycles. The monoisotopic (exact) mass is 452 g/mol. The van der Waals surface area contributed by atoms with Gasteiger partial charge in [-0.15, -0.1) is 0 Å². The maximum Gasteiger partial charge on any atom is 0.128 e. The highest BCUT2D eigenvalue weighted by Crippen LogP contribution is 2.67. The molecule has 0 aliphatic heterocycles. The Balaban J connectivity index is 1.22. The number of halogens is 1. The van der Waals surface area contributed by atoms with Gasteiger partial charge in [0.1, 0.15) is 5.82 Å². The van der Waals surface area contributed by atoms with E-state index in [0.717, 1.165) is 36.5 Å². The van der Waals surface area contributed by atoms with Gasteiger partial charge in [0, 0.05) is 5.56 Å². The van der Waals surface area contributed by atoms with E-state index in [1.165, 1.54) is 63.9 Å². The fraction of sp³-hybridized carbons (Fsp3) is 0.742. The van der Waals surface area contributed by atoms with Gasteiger partial charge < -0.3 is 5.11 Å². The van der Waals surface area contributed by atoms with Crippen LogP contribution in [0.25, 0.3) is 0 Å². The Bertz CT molecular complexity index is 875. The molecule has 0 saturated heterocycles. The van der Waals surface area contributed by atoms with E-state index in [1.54, 1.807) is 12.1 Å². The first-order valence-corrected chi connectivity index (χ1v) is 14.0. The molecule has 1 N–H and O–H groups in total. The van der Waals surface area contributed by atoms with Crippen LogP contribution in [-0.2, 0) is 0 Å². The minimum absolute atomic E-state index is 0.280. The van der Waals surface area contributed by atoms with Crippen LogP contribution < -0.4 is 0 Å². The summed E-state index contributed by atoms with van der Waals surface area (Å²) in [7, 11) is 0.